The molecule has 0 aliphatic rings. The Labute approximate surface area is 156 Å². The van der Waals surface area contributed by atoms with E-state index in [2.05, 4.69) is 0 Å². The van der Waals surface area contributed by atoms with E-state index in [1.54, 1.807) is 12.1 Å². The van der Waals surface area contributed by atoms with Crippen LogP contribution in [0.4, 0.5) is 0 Å². The molecule has 0 radical (unpaired) electrons. The van der Waals surface area contributed by atoms with Gasteiger partial charge in [-0.15, -0.1) is 0 Å². The molecule has 2 aromatic rings. The molecule has 0 aromatic heterocycles. The fourth-order valence-electron chi connectivity index (χ4n) is 2.22. The fourth-order valence-corrected chi connectivity index (χ4v) is 3.12. The molecular formula is C20H26O5S. The minimum Gasteiger partial charge on any atom is -0.379 e. The van der Waals surface area contributed by atoms with E-state index in [0.717, 1.165) is 17.5 Å². The molecule has 0 spiro atoms. The molecule has 6 heteroatoms. The van der Waals surface area contributed by atoms with Gasteiger partial charge in [-0.3, -0.25) is 4.18 Å². The van der Waals surface area contributed by atoms with Crippen LogP contribution in [0.25, 0.3) is 0 Å². The standard InChI is InChI=1S/C20H26O5S/c1-17-8-10-20(11-9-17)26(21,22)25-15-14-23-13-12-18(2)24-16-19-6-4-3-5-7-19/h3-11,18H,12-16H2,1-2H3. The Bertz CT molecular complexity index is 742. The third-order valence-corrected chi connectivity index (χ3v) is 5.15. The van der Waals surface area contributed by atoms with Crippen molar-refractivity contribution in [3.8, 4) is 0 Å². The van der Waals surface area contributed by atoms with Crippen LogP contribution in [0.3, 0.4) is 0 Å². The molecule has 0 aliphatic carbocycles. The molecule has 0 amide bonds. The van der Waals surface area contributed by atoms with Crippen molar-refractivity contribution in [1.82, 2.24) is 0 Å². The quantitative estimate of drug-likeness (QED) is 0.441. The zero-order chi connectivity index (χ0) is 18.8. The van der Waals surface area contributed by atoms with Gasteiger partial charge in [-0.2, -0.15) is 8.42 Å². The Kier molecular flexibility index (Phi) is 8.25. The van der Waals surface area contributed by atoms with Crippen LogP contribution in [-0.2, 0) is 30.4 Å². The SMILES string of the molecule is Cc1ccc(S(=O)(=O)OCCOCCC(C)OCc2ccccc2)cc1. The lowest BCUT2D eigenvalue weighted by atomic mass is 10.2. The van der Waals surface area contributed by atoms with Crippen LogP contribution in [-0.4, -0.2) is 34.3 Å². The third kappa shape index (κ3) is 7.25. The van der Waals surface area contributed by atoms with Crippen LogP contribution in [0, 0.1) is 6.92 Å². The molecule has 1 unspecified atom stereocenters. The predicted octanol–water partition coefficient (Wildman–Crippen LogP) is 3.71. The van der Waals surface area contributed by atoms with Crippen molar-refractivity contribution in [3.05, 3.63) is 65.7 Å². The first kappa shape index (κ1) is 20.6. The predicted molar refractivity (Wildman–Crippen MR) is 100 cm³/mol. The normalized spacial score (nSPS) is 12.8. The Morgan fingerprint density at radius 1 is 0.923 bits per heavy atom. The first-order valence-electron chi connectivity index (χ1n) is 8.67. The molecule has 26 heavy (non-hydrogen) atoms. The minimum atomic E-state index is -3.72. The van der Waals surface area contributed by atoms with Crippen molar-refractivity contribution >= 4 is 10.1 Å². The third-order valence-electron chi connectivity index (χ3n) is 3.82. The molecule has 142 valence electrons. The Balaban J connectivity index is 1.58. The van der Waals surface area contributed by atoms with Crippen molar-refractivity contribution in [2.45, 2.75) is 37.9 Å². The summed E-state index contributed by atoms with van der Waals surface area (Å²) in [6, 6.07) is 16.5. The summed E-state index contributed by atoms with van der Waals surface area (Å²) < 4.78 is 40.2. The number of benzene rings is 2. The summed E-state index contributed by atoms with van der Waals surface area (Å²) in [5, 5.41) is 0. The lowest BCUT2D eigenvalue weighted by Gasteiger charge is -2.13. The number of hydrogen-bond donors (Lipinski definition) is 0. The Morgan fingerprint density at radius 2 is 1.62 bits per heavy atom. The summed E-state index contributed by atoms with van der Waals surface area (Å²) in [4.78, 5) is 0.158. The molecule has 1 atom stereocenters. The molecule has 0 heterocycles. The van der Waals surface area contributed by atoms with E-state index in [1.165, 1.54) is 12.1 Å². The zero-order valence-corrected chi connectivity index (χ0v) is 16.1. The second kappa shape index (κ2) is 10.4. The van der Waals surface area contributed by atoms with Crippen LogP contribution in [0.5, 0.6) is 0 Å². The smallest absolute Gasteiger partial charge is 0.297 e. The van der Waals surface area contributed by atoms with Crippen LogP contribution >= 0.6 is 0 Å². The van der Waals surface area contributed by atoms with Crippen molar-refractivity contribution in [3.63, 3.8) is 0 Å². The fraction of sp³-hybridized carbons (Fsp3) is 0.400. The monoisotopic (exact) mass is 378 g/mol. The van der Waals surface area contributed by atoms with Gasteiger partial charge < -0.3 is 9.47 Å². The van der Waals surface area contributed by atoms with Crippen LogP contribution in [0.2, 0.25) is 0 Å². The first-order chi connectivity index (χ1) is 12.5. The lowest BCUT2D eigenvalue weighted by Crippen LogP contribution is -2.15. The summed E-state index contributed by atoms with van der Waals surface area (Å²) in [5.74, 6) is 0. The van der Waals surface area contributed by atoms with Gasteiger partial charge in [0.2, 0.25) is 0 Å². The number of aryl methyl sites for hydroxylation is 1. The first-order valence-corrected chi connectivity index (χ1v) is 10.1. The van der Waals surface area contributed by atoms with E-state index in [0.29, 0.717) is 13.2 Å². The summed E-state index contributed by atoms with van der Waals surface area (Å²) >= 11 is 0. The molecule has 0 aliphatic heterocycles. The highest BCUT2D eigenvalue weighted by atomic mass is 32.2. The van der Waals surface area contributed by atoms with Gasteiger partial charge in [0.1, 0.15) is 0 Å². The van der Waals surface area contributed by atoms with Crippen LogP contribution in [0.15, 0.2) is 59.5 Å². The Hall–Kier alpha value is -1.73. The van der Waals surface area contributed by atoms with E-state index >= 15 is 0 Å². The molecule has 5 nitrogen and oxygen atoms in total. The van der Waals surface area contributed by atoms with Crippen LogP contribution in [0.1, 0.15) is 24.5 Å². The Morgan fingerprint density at radius 3 is 2.31 bits per heavy atom. The molecule has 0 saturated heterocycles. The molecule has 0 fully saturated rings. The molecule has 0 N–H and O–H groups in total. The molecular weight excluding hydrogens is 352 g/mol. The zero-order valence-electron chi connectivity index (χ0n) is 15.3. The van der Waals surface area contributed by atoms with Crippen molar-refractivity contribution in [2.24, 2.45) is 0 Å². The van der Waals surface area contributed by atoms with Gasteiger partial charge in [0, 0.05) is 6.61 Å². The summed E-state index contributed by atoms with van der Waals surface area (Å²) in [6.07, 6.45) is 0.796. The largest absolute Gasteiger partial charge is 0.379 e. The number of hydrogen-bond acceptors (Lipinski definition) is 5. The molecule has 2 aromatic carbocycles. The maximum absolute atomic E-state index is 12.0. The van der Waals surface area contributed by atoms with Crippen LogP contribution < -0.4 is 0 Å². The maximum atomic E-state index is 12.0. The minimum absolute atomic E-state index is 0.00450. The maximum Gasteiger partial charge on any atom is 0.297 e. The molecule has 0 bridgehead atoms. The van der Waals surface area contributed by atoms with E-state index in [9.17, 15) is 8.42 Å². The summed E-state index contributed by atoms with van der Waals surface area (Å²) in [7, 11) is -3.72. The van der Waals surface area contributed by atoms with Gasteiger partial charge in [0.05, 0.1) is 30.8 Å². The average Bonchev–Trinajstić information content (AvgIpc) is 2.64. The number of ether oxygens (including phenoxy) is 2. The van der Waals surface area contributed by atoms with E-state index in [1.807, 2.05) is 44.2 Å². The summed E-state index contributed by atoms with van der Waals surface area (Å²) in [5.41, 5.74) is 2.13. The summed E-state index contributed by atoms with van der Waals surface area (Å²) in [6.45, 7) is 5.16. The van der Waals surface area contributed by atoms with Crippen molar-refractivity contribution in [1.29, 1.82) is 0 Å². The topological polar surface area (TPSA) is 61.8 Å². The molecule has 0 saturated carbocycles. The van der Waals surface area contributed by atoms with Gasteiger partial charge >= 0.3 is 0 Å². The highest BCUT2D eigenvalue weighted by Crippen LogP contribution is 2.13. The van der Waals surface area contributed by atoms with E-state index in [4.69, 9.17) is 13.7 Å². The van der Waals surface area contributed by atoms with Gasteiger partial charge in [0.15, 0.2) is 0 Å². The lowest BCUT2D eigenvalue weighted by molar-refractivity contribution is 0.0179. The average molecular weight is 378 g/mol. The van der Waals surface area contributed by atoms with Gasteiger partial charge in [-0.05, 0) is 38.0 Å². The molecule has 2 rings (SSSR count). The van der Waals surface area contributed by atoms with Crippen molar-refractivity contribution < 1.29 is 22.1 Å². The van der Waals surface area contributed by atoms with Gasteiger partial charge in [-0.1, -0.05) is 48.0 Å². The van der Waals surface area contributed by atoms with Gasteiger partial charge in [0.25, 0.3) is 10.1 Å². The highest BCUT2D eigenvalue weighted by molar-refractivity contribution is 7.86. The highest BCUT2D eigenvalue weighted by Gasteiger charge is 2.14. The second-order valence-corrected chi connectivity index (χ2v) is 7.71. The van der Waals surface area contributed by atoms with E-state index < -0.39 is 10.1 Å². The van der Waals surface area contributed by atoms with Crippen molar-refractivity contribution in [2.75, 3.05) is 19.8 Å². The van der Waals surface area contributed by atoms with Gasteiger partial charge in [-0.25, -0.2) is 0 Å². The van der Waals surface area contributed by atoms with E-state index in [-0.39, 0.29) is 24.2 Å². The second-order valence-electron chi connectivity index (χ2n) is 6.10. The number of rotatable bonds is 11.